The molecule has 0 aliphatic carbocycles. The molecule has 148 valence electrons. The van der Waals surface area contributed by atoms with Crippen molar-refractivity contribution in [3.8, 4) is 0 Å². The summed E-state index contributed by atoms with van der Waals surface area (Å²) in [5.74, 6) is 0.171. The predicted molar refractivity (Wildman–Crippen MR) is 114 cm³/mol. The van der Waals surface area contributed by atoms with Crippen molar-refractivity contribution in [2.45, 2.75) is 19.0 Å². The first kappa shape index (κ1) is 18.1. The lowest BCUT2D eigenvalue weighted by Gasteiger charge is -2.15. The summed E-state index contributed by atoms with van der Waals surface area (Å²) in [4.78, 5) is 36.7. The van der Waals surface area contributed by atoms with Crippen molar-refractivity contribution in [2.75, 3.05) is 10.2 Å². The molecule has 0 unspecified atom stereocenters. The molecular formula is C23H19N5O2. The van der Waals surface area contributed by atoms with Crippen molar-refractivity contribution in [3.05, 3.63) is 84.7 Å². The van der Waals surface area contributed by atoms with Gasteiger partial charge in [-0.2, -0.15) is 0 Å². The second-order valence-corrected chi connectivity index (χ2v) is 7.15. The van der Waals surface area contributed by atoms with Crippen LogP contribution in [0.1, 0.15) is 18.2 Å². The first-order chi connectivity index (χ1) is 14.7. The van der Waals surface area contributed by atoms with Gasteiger partial charge >= 0.3 is 0 Å². The van der Waals surface area contributed by atoms with E-state index in [0.717, 1.165) is 16.7 Å². The maximum absolute atomic E-state index is 13.3. The highest BCUT2D eigenvalue weighted by Gasteiger charge is 2.41. The Bertz CT molecular complexity index is 1220. The molecule has 0 bridgehead atoms. The Hall–Kier alpha value is -4.00. The minimum absolute atomic E-state index is 0.0276. The third-order valence-corrected chi connectivity index (χ3v) is 5.16. The van der Waals surface area contributed by atoms with Crippen LogP contribution in [0.15, 0.2) is 79.0 Å². The van der Waals surface area contributed by atoms with Crippen molar-refractivity contribution in [2.24, 2.45) is 0 Å². The summed E-state index contributed by atoms with van der Waals surface area (Å²) < 4.78 is 1.87. The van der Waals surface area contributed by atoms with Crippen LogP contribution in [0.5, 0.6) is 0 Å². The number of aromatic nitrogens is 3. The molecule has 3 heterocycles. The summed E-state index contributed by atoms with van der Waals surface area (Å²) in [5.41, 5.74) is 3.09. The molecule has 0 radical (unpaired) electrons. The fourth-order valence-electron chi connectivity index (χ4n) is 3.81. The van der Waals surface area contributed by atoms with E-state index in [9.17, 15) is 9.59 Å². The number of anilines is 2. The Morgan fingerprint density at radius 3 is 2.53 bits per heavy atom. The number of nitrogens with one attached hydrogen (secondary N) is 1. The summed E-state index contributed by atoms with van der Waals surface area (Å²) in [6.07, 6.45) is 1.73. The van der Waals surface area contributed by atoms with Crippen molar-refractivity contribution < 1.29 is 9.59 Å². The number of fused-ring (bicyclic) bond motifs is 3. The van der Waals surface area contributed by atoms with E-state index in [4.69, 9.17) is 0 Å². The predicted octanol–water partition coefficient (Wildman–Crippen LogP) is 3.55. The molecule has 4 aromatic rings. The molecule has 7 heteroatoms. The van der Waals surface area contributed by atoms with Crippen LogP contribution in [0.2, 0.25) is 0 Å². The second-order valence-electron chi connectivity index (χ2n) is 7.15. The normalized spacial score (nSPS) is 15.4. The second kappa shape index (κ2) is 7.44. The van der Waals surface area contributed by atoms with Crippen molar-refractivity contribution in [1.29, 1.82) is 0 Å². The molecule has 5 rings (SSSR count). The third kappa shape index (κ3) is 3.20. The summed E-state index contributed by atoms with van der Waals surface area (Å²) in [7, 11) is 0. The first-order valence-corrected chi connectivity index (χ1v) is 9.74. The van der Waals surface area contributed by atoms with E-state index in [0.29, 0.717) is 18.2 Å². The van der Waals surface area contributed by atoms with Crippen LogP contribution in [-0.4, -0.2) is 26.3 Å². The SMILES string of the molecule is O=C(C[C@@H]1C(=O)N(Cc2ccccn2)c2nc3ccccc3n21)Nc1ccccc1. The van der Waals surface area contributed by atoms with Gasteiger partial charge in [-0.1, -0.05) is 36.4 Å². The zero-order chi connectivity index (χ0) is 20.5. The van der Waals surface area contributed by atoms with Gasteiger partial charge < -0.3 is 5.32 Å². The molecular weight excluding hydrogens is 378 g/mol. The quantitative estimate of drug-likeness (QED) is 0.559. The third-order valence-electron chi connectivity index (χ3n) is 5.16. The minimum atomic E-state index is -0.653. The van der Waals surface area contributed by atoms with Gasteiger partial charge in [-0.05, 0) is 36.4 Å². The highest BCUT2D eigenvalue weighted by atomic mass is 16.2. The number of carbonyl (C=O) groups excluding carboxylic acids is 2. The van der Waals surface area contributed by atoms with E-state index >= 15 is 0 Å². The van der Waals surface area contributed by atoms with Crippen LogP contribution < -0.4 is 10.2 Å². The molecule has 0 spiro atoms. The molecule has 30 heavy (non-hydrogen) atoms. The molecule has 1 N–H and O–H groups in total. The van der Waals surface area contributed by atoms with E-state index in [2.05, 4.69) is 15.3 Å². The summed E-state index contributed by atoms with van der Waals surface area (Å²) >= 11 is 0. The Morgan fingerprint density at radius 1 is 0.967 bits per heavy atom. The largest absolute Gasteiger partial charge is 0.326 e. The van der Waals surface area contributed by atoms with Gasteiger partial charge in [0.05, 0.1) is 29.7 Å². The monoisotopic (exact) mass is 397 g/mol. The first-order valence-electron chi connectivity index (χ1n) is 9.74. The van der Waals surface area contributed by atoms with Crippen LogP contribution in [-0.2, 0) is 16.1 Å². The summed E-state index contributed by atoms with van der Waals surface area (Å²) in [6, 6.07) is 21.8. The number of hydrogen-bond donors (Lipinski definition) is 1. The smallest absolute Gasteiger partial charge is 0.253 e. The average Bonchev–Trinajstić information content (AvgIpc) is 3.26. The molecule has 2 aromatic heterocycles. The molecule has 1 aliphatic heterocycles. The number of nitrogens with zero attached hydrogens (tertiary/aromatic N) is 4. The van der Waals surface area contributed by atoms with Gasteiger partial charge in [-0.25, -0.2) is 4.98 Å². The molecule has 1 atom stereocenters. The van der Waals surface area contributed by atoms with Crippen LogP contribution in [0, 0.1) is 0 Å². The summed E-state index contributed by atoms with van der Waals surface area (Å²) in [6.45, 7) is 0.305. The Labute approximate surface area is 173 Å². The molecule has 2 aromatic carbocycles. The number of hydrogen-bond acceptors (Lipinski definition) is 4. The molecule has 0 saturated carbocycles. The highest BCUT2D eigenvalue weighted by Crippen LogP contribution is 2.37. The van der Waals surface area contributed by atoms with Gasteiger partial charge in [-0.15, -0.1) is 0 Å². The lowest BCUT2D eigenvalue weighted by Crippen LogP contribution is -2.31. The Kier molecular flexibility index (Phi) is 4.48. The number of rotatable bonds is 5. The standard InChI is InChI=1S/C23H19N5O2/c29-21(25-16-8-2-1-3-9-16)14-20-22(30)27(15-17-10-6-7-13-24-17)23-26-18-11-4-5-12-19(18)28(20)23/h1-13,20H,14-15H2,(H,25,29)/t20-/m1/s1. The minimum Gasteiger partial charge on any atom is -0.326 e. The number of para-hydroxylation sites is 3. The van der Waals surface area contributed by atoms with E-state index < -0.39 is 6.04 Å². The van der Waals surface area contributed by atoms with E-state index in [1.807, 2.05) is 77.4 Å². The lowest BCUT2D eigenvalue weighted by molar-refractivity contribution is -0.124. The molecule has 0 fully saturated rings. The van der Waals surface area contributed by atoms with Crippen LogP contribution in [0.3, 0.4) is 0 Å². The van der Waals surface area contributed by atoms with Crippen LogP contribution in [0.25, 0.3) is 11.0 Å². The van der Waals surface area contributed by atoms with E-state index in [1.165, 1.54) is 0 Å². The van der Waals surface area contributed by atoms with Gasteiger partial charge in [0.2, 0.25) is 11.9 Å². The fourth-order valence-corrected chi connectivity index (χ4v) is 3.81. The van der Waals surface area contributed by atoms with E-state index in [1.54, 1.807) is 11.1 Å². The van der Waals surface area contributed by atoms with Gasteiger partial charge in [0.25, 0.3) is 5.91 Å². The maximum Gasteiger partial charge on any atom is 0.253 e. The zero-order valence-electron chi connectivity index (χ0n) is 16.1. The Morgan fingerprint density at radius 2 is 1.73 bits per heavy atom. The van der Waals surface area contributed by atoms with Crippen molar-refractivity contribution >= 4 is 34.5 Å². The number of pyridine rings is 1. The topological polar surface area (TPSA) is 80.1 Å². The highest BCUT2D eigenvalue weighted by molar-refractivity contribution is 6.05. The number of amides is 2. The molecule has 1 aliphatic rings. The van der Waals surface area contributed by atoms with Gasteiger partial charge in [0, 0.05) is 11.9 Å². The van der Waals surface area contributed by atoms with Crippen molar-refractivity contribution in [1.82, 2.24) is 14.5 Å². The number of benzene rings is 2. The van der Waals surface area contributed by atoms with Gasteiger partial charge in [0.1, 0.15) is 6.04 Å². The van der Waals surface area contributed by atoms with Crippen LogP contribution in [0.4, 0.5) is 11.6 Å². The van der Waals surface area contributed by atoms with Gasteiger partial charge in [-0.3, -0.25) is 24.0 Å². The Balaban J connectivity index is 1.48. The van der Waals surface area contributed by atoms with E-state index in [-0.39, 0.29) is 18.2 Å². The summed E-state index contributed by atoms with van der Waals surface area (Å²) in [5, 5.41) is 2.87. The average molecular weight is 397 g/mol. The number of imidazole rings is 1. The van der Waals surface area contributed by atoms with Crippen molar-refractivity contribution in [3.63, 3.8) is 0 Å². The van der Waals surface area contributed by atoms with Gasteiger partial charge in [0.15, 0.2) is 0 Å². The zero-order valence-corrected chi connectivity index (χ0v) is 16.1. The molecule has 0 saturated heterocycles. The van der Waals surface area contributed by atoms with Crippen LogP contribution >= 0.6 is 0 Å². The lowest BCUT2D eigenvalue weighted by atomic mass is 10.1. The maximum atomic E-state index is 13.3. The molecule has 2 amide bonds. The molecule has 7 nitrogen and oxygen atoms in total. The number of carbonyl (C=O) groups is 2. The fraction of sp³-hybridized carbons (Fsp3) is 0.130.